The fourth-order valence-electron chi connectivity index (χ4n) is 3.94. The van der Waals surface area contributed by atoms with Crippen LogP contribution in [-0.2, 0) is 0 Å². The summed E-state index contributed by atoms with van der Waals surface area (Å²) in [5, 5.41) is 5.39. The van der Waals surface area contributed by atoms with Crippen LogP contribution < -0.4 is 10.9 Å². The van der Waals surface area contributed by atoms with E-state index in [9.17, 15) is 4.79 Å². The molecule has 1 aliphatic rings. The van der Waals surface area contributed by atoms with Gasteiger partial charge in [0.15, 0.2) is 0 Å². The van der Waals surface area contributed by atoms with Crippen LogP contribution in [0, 0.1) is 6.92 Å². The van der Waals surface area contributed by atoms with Crippen molar-refractivity contribution in [1.82, 2.24) is 0 Å². The fraction of sp³-hybridized carbons (Fsp3) is 0.0870. The number of hydrogen-bond donors (Lipinski definition) is 1. The first-order chi connectivity index (χ1) is 13.5. The summed E-state index contributed by atoms with van der Waals surface area (Å²) in [6.07, 6.45) is 0. The highest BCUT2D eigenvalue weighted by atomic mass is 35.5. The van der Waals surface area contributed by atoms with Crippen LogP contribution in [0.5, 0.6) is 0 Å². The van der Waals surface area contributed by atoms with Gasteiger partial charge in [0, 0.05) is 27.0 Å². The number of halogens is 2. The Hall–Kier alpha value is -2.75. The molecule has 1 N–H and O–H groups in total. The van der Waals surface area contributed by atoms with Crippen molar-refractivity contribution < 1.29 is 4.42 Å². The summed E-state index contributed by atoms with van der Waals surface area (Å²) < 4.78 is 5.66. The number of nitrogens with one attached hydrogen (secondary N) is 1. The molecule has 0 bridgehead atoms. The van der Waals surface area contributed by atoms with E-state index in [1.54, 1.807) is 18.2 Å². The van der Waals surface area contributed by atoms with Crippen molar-refractivity contribution in [2.75, 3.05) is 5.32 Å². The Labute approximate surface area is 171 Å². The number of fused-ring (bicyclic) bond motifs is 4. The molecule has 2 heterocycles. The molecule has 0 amide bonds. The third-order valence-corrected chi connectivity index (χ3v) is 5.75. The van der Waals surface area contributed by atoms with Crippen LogP contribution in [-0.4, -0.2) is 0 Å². The van der Waals surface area contributed by atoms with Crippen molar-refractivity contribution in [3.8, 4) is 0 Å². The average molecular weight is 408 g/mol. The zero-order valence-electron chi connectivity index (χ0n) is 14.9. The van der Waals surface area contributed by atoms with Gasteiger partial charge in [-0.05, 0) is 48.4 Å². The summed E-state index contributed by atoms with van der Waals surface area (Å²) in [7, 11) is 0. The molecule has 28 heavy (non-hydrogen) atoms. The van der Waals surface area contributed by atoms with Gasteiger partial charge in [0.05, 0.1) is 11.3 Å². The minimum absolute atomic E-state index is 0.350. The fourth-order valence-corrected chi connectivity index (χ4v) is 4.46. The van der Waals surface area contributed by atoms with Gasteiger partial charge in [-0.15, -0.1) is 0 Å². The third kappa shape index (κ3) is 2.62. The molecule has 1 unspecified atom stereocenters. The number of anilines is 2. The monoisotopic (exact) mass is 407 g/mol. The Kier molecular flexibility index (Phi) is 3.97. The Morgan fingerprint density at radius 2 is 1.79 bits per heavy atom. The van der Waals surface area contributed by atoms with Gasteiger partial charge in [-0.2, -0.15) is 0 Å². The number of rotatable bonds is 1. The Balaban J connectivity index is 1.90. The van der Waals surface area contributed by atoms with Crippen molar-refractivity contribution >= 4 is 45.5 Å². The Bertz CT molecular complexity index is 1310. The summed E-state index contributed by atoms with van der Waals surface area (Å²) in [6.45, 7) is 2.03. The minimum atomic E-state index is -0.371. The minimum Gasteiger partial charge on any atom is -0.422 e. The number of hydrogen-bond acceptors (Lipinski definition) is 3. The standard InChI is InChI=1S/C23H15Cl2NO2/c1-12-6-9-18-16(10-12)20(14-8-7-13(24)11-17(14)25)21-22(26-18)15-4-2-3-5-19(15)28-23(21)27/h2-11,20,26H,1H3. The maximum absolute atomic E-state index is 13.1. The van der Waals surface area contributed by atoms with Crippen molar-refractivity contribution in [1.29, 1.82) is 0 Å². The molecule has 0 fully saturated rings. The van der Waals surface area contributed by atoms with E-state index in [0.29, 0.717) is 21.2 Å². The van der Waals surface area contributed by atoms with E-state index in [-0.39, 0.29) is 11.5 Å². The molecule has 5 heteroatoms. The summed E-state index contributed by atoms with van der Waals surface area (Å²) >= 11 is 12.7. The highest BCUT2D eigenvalue weighted by Crippen LogP contribution is 2.47. The molecular weight excluding hydrogens is 393 g/mol. The van der Waals surface area contributed by atoms with Crippen LogP contribution in [0.3, 0.4) is 0 Å². The zero-order chi connectivity index (χ0) is 19.4. The zero-order valence-corrected chi connectivity index (χ0v) is 16.4. The number of para-hydroxylation sites is 1. The summed E-state index contributed by atoms with van der Waals surface area (Å²) in [5.74, 6) is -0.350. The summed E-state index contributed by atoms with van der Waals surface area (Å²) in [4.78, 5) is 13.1. The van der Waals surface area contributed by atoms with E-state index in [1.165, 1.54) is 0 Å². The second kappa shape index (κ2) is 6.40. The Morgan fingerprint density at radius 3 is 2.61 bits per heavy atom. The molecular formula is C23H15Cl2NO2. The first-order valence-electron chi connectivity index (χ1n) is 8.91. The van der Waals surface area contributed by atoms with E-state index in [1.807, 2.05) is 43.3 Å². The SMILES string of the molecule is Cc1ccc2c(c1)C(c1ccc(Cl)cc1Cl)c1c(c3ccccc3oc1=O)N2. The average Bonchev–Trinajstić information content (AvgIpc) is 2.67. The smallest absolute Gasteiger partial charge is 0.342 e. The molecule has 1 aliphatic heterocycles. The van der Waals surface area contributed by atoms with Gasteiger partial charge >= 0.3 is 5.63 Å². The predicted molar refractivity (Wildman–Crippen MR) is 114 cm³/mol. The van der Waals surface area contributed by atoms with Gasteiger partial charge in [-0.25, -0.2) is 4.79 Å². The van der Waals surface area contributed by atoms with E-state index in [4.69, 9.17) is 27.6 Å². The van der Waals surface area contributed by atoms with Crippen LogP contribution in [0.4, 0.5) is 11.4 Å². The summed E-state index contributed by atoms with van der Waals surface area (Å²) in [5.41, 5.74) is 5.36. The lowest BCUT2D eigenvalue weighted by molar-refractivity contribution is 0.549. The molecule has 1 atom stereocenters. The topological polar surface area (TPSA) is 42.2 Å². The van der Waals surface area contributed by atoms with Gasteiger partial charge in [0.1, 0.15) is 5.58 Å². The van der Waals surface area contributed by atoms with Crippen LogP contribution >= 0.6 is 23.2 Å². The maximum Gasteiger partial charge on any atom is 0.342 e. The maximum atomic E-state index is 13.1. The normalized spacial score (nSPS) is 15.0. The lowest BCUT2D eigenvalue weighted by atomic mass is 9.80. The van der Waals surface area contributed by atoms with E-state index >= 15 is 0 Å². The molecule has 3 nitrogen and oxygen atoms in total. The van der Waals surface area contributed by atoms with Gasteiger partial charge in [-0.3, -0.25) is 0 Å². The van der Waals surface area contributed by atoms with Crippen molar-refractivity contribution in [2.45, 2.75) is 12.8 Å². The predicted octanol–water partition coefficient (Wildman–Crippen LogP) is 6.65. The van der Waals surface area contributed by atoms with Gasteiger partial charge in [0.25, 0.3) is 0 Å². The van der Waals surface area contributed by atoms with Gasteiger partial charge < -0.3 is 9.73 Å². The van der Waals surface area contributed by atoms with Crippen LogP contribution in [0.15, 0.2) is 69.9 Å². The van der Waals surface area contributed by atoms with E-state index < -0.39 is 0 Å². The highest BCUT2D eigenvalue weighted by Gasteiger charge is 2.33. The number of aryl methyl sites for hydroxylation is 1. The largest absolute Gasteiger partial charge is 0.422 e. The van der Waals surface area contributed by atoms with Crippen molar-refractivity contribution in [3.63, 3.8) is 0 Å². The third-order valence-electron chi connectivity index (χ3n) is 5.19. The van der Waals surface area contributed by atoms with Gasteiger partial charge in [-0.1, -0.05) is 59.1 Å². The quantitative estimate of drug-likeness (QED) is 0.316. The lowest BCUT2D eigenvalue weighted by Gasteiger charge is -2.30. The molecule has 1 aromatic heterocycles. The first-order valence-corrected chi connectivity index (χ1v) is 9.67. The first kappa shape index (κ1) is 17.4. The lowest BCUT2D eigenvalue weighted by Crippen LogP contribution is -2.22. The van der Waals surface area contributed by atoms with Crippen LogP contribution in [0.2, 0.25) is 10.0 Å². The molecule has 0 spiro atoms. The Morgan fingerprint density at radius 1 is 0.964 bits per heavy atom. The van der Waals surface area contributed by atoms with Crippen LogP contribution in [0.1, 0.15) is 28.2 Å². The molecule has 3 aromatic carbocycles. The van der Waals surface area contributed by atoms with E-state index in [0.717, 1.165) is 33.5 Å². The second-order valence-corrected chi connectivity index (χ2v) is 7.83. The highest BCUT2D eigenvalue weighted by molar-refractivity contribution is 6.35. The molecule has 5 rings (SSSR count). The second-order valence-electron chi connectivity index (χ2n) is 6.99. The van der Waals surface area contributed by atoms with Crippen molar-refractivity contribution in [3.05, 3.63) is 103 Å². The molecule has 0 radical (unpaired) electrons. The number of benzene rings is 3. The van der Waals surface area contributed by atoms with Crippen molar-refractivity contribution in [2.24, 2.45) is 0 Å². The molecule has 4 aromatic rings. The molecule has 0 aliphatic carbocycles. The van der Waals surface area contributed by atoms with E-state index in [2.05, 4.69) is 11.4 Å². The van der Waals surface area contributed by atoms with Gasteiger partial charge in [0.2, 0.25) is 0 Å². The van der Waals surface area contributed by atoms with Crippen LogP contribution in [0.25, 0.3) is 11.0 Å². The summed E-state index contributed by atoms with van der Waals surface area (Å²) in [6, 6.07) is 19.1. The molecule has 138 valence electrons. The molecule has 0 saturated carbocycles. The molecule has 0 saturated heterocycles.